The van der Waals surface area contributed by atoms with Crippen molar-refractivity contribution < 1.29 is 13.6 Å². The van der Waals surface area contributed by atoms with Crippen molar-refractivity contribution in [3.05, 3.63) is 28.2 Å². The van der Waals surface area contributed by atoms with Gasteiger partial charge in [0.05, 0.1) is 16.2 Å². The van der Waals surface area contributed by atoms with E-state index < -0.39 is 23.5 Å². The molecule has 0 aliphatic carbocycles. The van der Waals surface area contributed by atoms with Crippen LogP contribution in [0.5, 0.6) is 0 Å². The molecule has 3 nitrogen and oxygen atoms in total. The van der Waals surface area contributed by atoms with Crippen molar-refractivity contribution >= 4 is 27.5 Å². The molecule has 0 radical (unpaired) electrons. The van der Waals surface area contributed by atoms with Crippen molar-refractivity contribution in [3.8, 4) is 6.07 Å². The number of hydrogen-bond acceptors (Lipinski definition) is 2. The molecule has 0 aliphatic rings. The van der Waals surface area contributed by atoms with E-state index in [1.807, 2.05) is 0 Å². The van der Waals surface area contributed by atoms with Gasteiger partial charge in [0.15, 0.2) is 0 Å². The van der Waals surface area contributed by atoms with Gasteiger partial charge in [0.1, 0.15) is 17.6 Å². The number of nitrogens with one attached hydrogen (secondary N) is 1. The van der Waals surface area contributed by atoms with E-state index in [4.69, 9.17) is 5.26 Å². The number of anilines is 1. The van der Waals surface area contributed by atoms with Gasteiger partial charge in [0.25, 0.3) is 0 Å². The molecule has 84 valence electrons. The Morgan fingerprint density at radius 3 is 2.69 bits per heavy atom. The van der Waals surface area contributed by atoms with Crippen LogP contribution in [0.1, 0.15) is 6.92 Å². The highest BCUT2D eigenvalue weighted by molar-refractivity contribution is 9.10. The lowest BCUT2D eigenvalue weighted by atomic mass is 10.2. The first-order valence-corrected chi connectivity index (χ1v) is 5.10. The molecular weight excluding hydrogens is 282 g/mol. The SMILES string of the molecule is CC(C#N)C(=O)Nc1cc(F)c(Br)cc1F. The highest BCUT2D eigenvalue weighted by atomic mass is 79.9. The molecule has 1 rings (SSSR count). The molecule has 16 heavy (non-hydrogen) atoms. The summed E-state index contributed by atoms with van der Waals surface area (Å²) in [4.78, 5) is 11.3. The van der Waals surface area contributed by atoms with E-state index in [0.29, 0.717) is 0 Å². The second-order valence-electron chi connectivity index (χ2n) is 3.09. The minimum Gasteiger partial charge on any atom is -0.322 e. The second kappa shape index (κ2) is 5.03. The van der Waals surface area contributed by atoms with Crippen LogP contribution < -0.4 is 5.32 Å². The van der Waals surface area contributed by atoms with E-state index in [2.05, 4.69) is 21.2 Å². The lowest BCUT2D eigenvalue weighted by Gasteiger charge is -2.08. The van der Waals surface area contributed by atoms with E-state index >= 15 is 0 Å². The van der Waals surface area contributed by atoms with Crippen molar-refractivity contribution in [1.82, 2.24) is 0 Å². The van der Waals surface area contributed by atoms with Gasteiger partial charge in [-0.2, -0.15) is 5.26 Å². The Balaban J connectivity index is 2.95. The maximum Gasteiger partial charge on any atom is 0.241 e. The summed E-state index contributed by atoms with van der Waals surface area (Å²) in [5, 5.41) is 10.6. The smallest absolute Gasteiger partial charge is 0.241 e. The van der Waals surface area contributed by atoms with Crippen molar-refractivity contribution in [2.75, 3.05) is 5.32 Å². The molecule has 1 amide bonds. The van der Waals surface area contributed by atoms with Crippen molar-refractivity contribution in [3.63, 3.8) is 0 Å². The lowest BCUT2D eigenvalue weighted by Crippen LogP contribution is -2.19. The predicted molar refractivity (Wildman–Crippen MR) is 57.5 cm³/mol. The third-order valence-electron chi connectivity index (χ3n) is 1.85. The number of carbonyl (C=O) groups excluding carboxylic acids is 1. The first-order chi connectivity index (χ1) is 7.45. The van der Waals surface area contributed by atoms with Crippen molar-refractivity contribution in [2.24, 2.45) is 5.92 Å². The fourth-order valence-corrected chi connectivity index (χ4v) is 1.23. The zero-order valence-corrected chi connectivity index (χ0v) is 9.81. The van der Waals surface area contributed by atoms with E-state index in [1.54, 1.807) is 6.07 Å². The highest BCUT2D eigenvalue weighted by Crippen LogP contribution is 2.23. The Hall–Kier alpha value is -1.48. The fourth-order valence-electron chi connectivity index (χ4n) is 0.918. The predicted octanol–water partition coefficient (Wildman–Crippen LogP) is 2.83. The number of halogens is 3. The minimum absolute atomic E-state index is 0.0312. The average molecular weight is 289 g/mol. The Morgan fingerprint density at radius 1 is 1.50 bits per heavy atom. The molecule has 0 bridgehead atoms. The molecule has 1 N–H and O–H groups in total. The molecule has 1 atom stereocenters. The van der Waals surface area contributed by atoms with Crippen LogP contribution in [-0.4, -0.2) is 5.91 Å². The van der Waals surface area contributed by atoms with E-state index in [9.17, 15) is 13.6 Å². The van der Waals surface area contributed by atoms with Gasteiger partial charge in [-0.05, 0) is 28.9 Å². The molecule has 1 aromatic rings. The van der Waals surface area contributed by atoms with Crippen LogP contribution in [0.4, 0.5) is 14.5 Å². The van der Waals surface area contributed by atoms with Crippen LogP contribution in [0.3, 0.4) is 0 Å². The highest BCUT2D eigenvalue weighted by Gasteiger charge is 2.15. The van der Waals surface area contributed by atoms with Crippen LogP contribution in [0.25, 0.3) is 0 Å². The normalized spacial score (nSPS) is 11.7. The molecule has 0 heterocycles. The van der Waals surface area contributed by atoms with Gasteiger partial charge in [-0.1, -0.05) is 0 Å². The summed E-state index contributed by atoms with van der Waals surface area (Å²) in [7, 11) is 0. The minimum atomic E-state index is -0.925. The Labute approximate surface area is 99.2 Å². The summed E-state index contributed by atoms with van der Waals surface area (Å²) < 4.78 is 26.3. The first kappa shape index (κ1) is 12.6. The van der Waals surface area contributed by atoms with Gasteiger partial charge >= 0.3 is 0 Å². The van der Waals surface area contributed by atoms with Gasteiger partial charge in [0, 0.05) is 6.07 Å². The van der Waals surface area contributed by atoms with E-state index in [0.717, 1.165) is 12.1 Å². The van der Waals surface area contributed by atoms with Crippen molar-refractivity contribution in [1.29, 1.82) is 5.26 Å². The average Bonchev–Trinajstić information content (AvgIpc) is 2.24. The van der Waals surface area contributed by atoms with Crippen LogP contribution >= 0.6 is 15.9 Å². The third-order valence-corrected chi connectivity index (χ3v) is 2.46. The molecular formula is C10H7BrF2N2O. The number of rotatable bonds is 2. The molecule has 0 saturated carbocycles. The van der Waals surface area contributed by atoms with E-state index in [-0.39, 0.29) is 10.2 Å². The summed E-state index contributed by atoms with van der Waals surface area (Å²) >= 11 is 2.81. The number of benzene rings is 1. The summed E-state index contributed by atoms with van der Waals surface area (Å²) in [6.45, 7) is 1.36. The fraction of sp³-hybridized carbons (Fsp3) is 0.200. The topological polar surface area (TPSA) is 52.9 Å². The van der Waals surface area contributed by atoms with Gasteiger partial charge in [-0.3, -0.25) is 4.79 Å². The summed E-state index contributed by atoms with van der Waals surface area (Å²) in [6.07, 6.45) is 0. The standard InChI is InChI=1S/C10H7BrF2N2O/c1-5(4-14)10(16)15-9-3-7(12)6(11)2-8(9)13/h2-3,5H,1H3,(H,15,16). The van der Waals surface area contributed by atoms with Crippen LogP contribution in [0.2, 0.25) is 0 Å². The number of hydrogen-bond donors (Lipinski definition) is 1. The number of nitrogens with zero attached hydrogens (tertiary/aromatic N) is 1. The second-order valence-corrected chi connectivity index (χ2v) is 3.94. The summed E-state index contributed by atoms with van der Waals surface area (Å²) in [6, 6.07) is 3.45. The largest absolute Gasteiger partial charge is 0.322 e. The molecule has 6 heteroatoms. The molecule has 0 aromatic heterocycles. The van der Waals surface area contributed by atoms with Crippen LogP contribution in [0.15, 0.2) is 16.6 Å². The maximum atomic E-state index is 13.3. The zero-order valence-electron chi connectivity index (χ0n) is 8.22. The van der Waals surface area contributed by atoms with Gasteiger partial charge < -0.3 is 5.32 Å². The summed E-state index contributed by atoms with van der Waals surface area (Å²) in [5.41, 5.74) is -0.284. The molecule has 1 aromatic carbocycles. The first-order valence-electron chi connectivity index (χ1n) is 4.30. The molecule has 0 saturated heterocycles. The molecule has 0 fully saturated rings. The zero-order chi connectivity index (χ0) is 12.3. The van der Waals surface area contributed by atoms with Gasteiger partial charge in [-0.15, -0.1) is 0 Å². The third kappa shape index (κ3) is 2.76. The number of carbonyl (C=O) groups is 1. The van der Waals surface area contributed by atoms with Crippen molar-refractivity contribution in [2.45, 2.75) is 6.92 Å². The van der Waals surface area contributed by atoms with Gasteiger partial charge in [0.2, 0.25) is 5.91 Å². The maximum absolute atomic E-state index is 13.3. The summed E-state index contributed by atoms with van der Waals surface area (Å²) in [5.74, 6) is -3.07. The van der Waals surface area contributed by atoms with Crippen LogP contribution in [-0.2, 0) is 4.79 Å². The Bertz CT molecular complexity index is 471. The van der Waals surface area contributed by atoms with Gasteiger partial charge in [-0.25, -0.2) is 8.78 Å². The molecule has 0 spiro atoms. The molecule has 1 unspecified atom stereocenters. The Morgan fingerprint density at radius 2 is 2.12 bits per heavy atom. The number of nitriles is 1. The lowest BCUT2D eigenvalue weighted by molar-refractivity contribution is -0.117. The molecule has 0 aliphatic heterocycles. The monoisotopic (exact) mass is 288 g/mol. The van der Waals surface area contributed by atoms with Crippen LogP contribution in [0, 0.1) is 28.9 Å². The quantitative estimate of drug-likeness (QED) is 0.851. The van der Waals surface area contributed by atoms with E-state index in [1.165, 1.54) is 6.92 Å². The number of amides is 1. The Kier molecular flexibility index (Phi) is 3.96.